The number of carbonyl (C=O) groups is 1. The highest BCUT2D eigenvalue weighted by Gasteiger charge is 2.21. The first-order chi connectivity index (χ1) is 11.8. The van der Waals surface area contributed by atoms with E-state index < -0.39 is 5.97 Å². The van der Waals surface area contributed by atoms with Crippen molar-refractivity contribution < 1.29 is 14.1 Å². The van der Waals surface area contributed by atoms with E-state index in [-0.39, 0.29) is 11.7 Å². The predicted molar refractivity (Wildman–Crippen MR) is 94.2 cm³/mol. The molecule has 0 bridgehead atoms. The number of esters is 1. The lowest BCUT2D eigenvalue weighted by Gasteiger charge is -2.06. The Hall–Kier alpha value is -2.48. The van der Waals surface area contributed by atoms with Gasteiger partial charge in [0.05, 0.1) is 30.1 Å². The van der Waals surface area contributed by atoms with Crippen molar-refractivity contribution >= 4 is 27.5 Å². The second kappa shape index (κ2) is 6.44. The fourth-order valence-electron chi connectivity index (χ4n) is 2.63. The Morgan fingerprint density at radius 2 is 2.08 bits per heavy atom. The summed E-state index contributed by atoms with van der Waals surface area (Å²) in [6.07, 6.45) is 1.27. The summed E-state index contributed by atoms with van der Waals surface area (Å²) in [5.74, 6) is 0.250. The van der Waals surface area contributed by atoms with Crippen LogP contribution in [0.25, 0.3) is 10.2 Å². The summed E-state index contributed by atoms with van der Waals surface area (Å²) in [7, 11) is 0. The number of thiophene rings is 1. The number of fused-ring (bicyclic) bond motifs is 1. The van der Waals surface area contributed by atoms with Crippen LogP contribution < -0.4 is 5.56 Å². The van der Waals surface area contributed by atoms with Crippen molar-refractivity contribution in [3.8, 4) is 0 Å². The van der Waals surface area contributed by atoms with Crippen LogP contribution in [0.1, 0.15) is 46.1 Å². The van der Waals surface area contributed by atoms with Gasteiger partial charge in [-0.15, -0.1) is 11.3 Å². The molecule has 0 atom stereocenters. The van der Waals surface area contributed by atoms with Crippen LogP contribution in [0.2, 0.25) is 0 Å². The smallest absolute Gasteiger partial charge is 0.348 e. The minimum Gasteiger partial charge on any atom is -0.459 e. The van der Waals surface area contributed by atoms with Gasteiger partial charge in [-0.2, -0.15) is 0 Å². The van der Waals surface area contributed by atoms with E-state index in [0.29, 0.717) is 33.0 Å². The minimum atomic E-state index is -0.424. The van der Waals surface area contributed by atoms with E-state index >= 15 is 0 Å². The van der Waals surface area contributed by atoms with Crippen LogP contribution in [-0.2, 0) is 11.3 Å². The molecule has 3 aromatic heterocycles. The highest BCUT2D eigenvalue weighted by molar-refractivity contribution is 7.20. The molecule has 0 aromatic carbocycles. The van der Waals surface area contributed by atoms with Crippen LogP contribution in [0.4, 0.5) is 0 Å². The van der Waals surface area contributed by atoms with Crippen molar-refractivity contribution in [3.63, 3.8) is 0 Å². The van der Waals surface area contributed by atoms with Gasteiger partial charge in [0.25, 0.3) is 5.56 Å². The molecule has 0 aliphatic carbocycles. The van der Waals surface area contributed by atoms with Crippen molar-refractivity contribution in [2.45, 2.75) is 47.3 Å². The minimum absolute atomic E-state index is 0.192. The monoisotopic (exact) mass is 361 g/mol. The first-order valence-corrected chi connectivity index (χ1v) is 8.72. The third-order valence-electron chi connectivity index (χ3n) is 3.96. The fourth-order valence-corrected chi connectivity index (χ4v) is 3.65. The lowest BCUT2D eigenvalue weighted by molar-refractivity contribution is 0.0383. The highest BCUT2D eigenvalue weighted by Crippen LogP contribution is 2.28. The van der Waals surface area contributed by atoms with Gasteiger partial charge < -0.3 is 9.26 Å². The Kier molecular flexibility index (Phi) is 4.47. The summed E-state index contributed by atoms with van der Waals surface area (Å²) in [5.41, 5.74) is 2.02. The highest BCUT2D eigenvalue weighted by atomic mass is 32.1. The van der Waals surface area contributed by atoms with Crippen LogP contribution in [0.15, 0.2) is 15.6 Å². The molecule has 0 radical (unpaired) electrons. The molecule has 3 rings (SSSR count). The Morgan fingerprint density at radius 3 is 2.68 bits per heavy atom. The maximum atomic E-state index is 12.9. The van der Waals surface area contributed by atoms with Gasteiger partial charge in [-0.25, -0.2) is 9.78 Å². The molecule has 3 aromatic rings. The number of ether oxygens (including phenoxy) is 1. The van der Waals surface area contributed by atoms with Crippen molar-refractivity contribution in [1.29, 1.82) is 0 Å². The standard InChI is InChI=1S/C17H19N3O4S/c1-8(2)23-17(22)14-9(3)13-15(25-14)18-7-20(16(13)21)6-12-10(4)19-24-11(12)5/h7-8H,6H2,1-5H3. The van der Waals surface area contributed by atoms with Crippen molar-refractivity contribution in [2.24, 2.45) is 0 Å². The number of carbonyl (C=O) groups excluding carboxylic acids is 1. The third kappa shape index (κ3) is 3.09. The summed E-state index contributed by atoms with van der Waals surface area (Å²) in [4.78, 5) is 30.4. The molecular weight excluding hydrogens is 342 g/mol. The van der Waals surface area contributed by atoms with Crippen LogP contribution in [0.5, 0.6) is 0 Å². The molecule has 0 aliphatic rings. The molecule has 25 heavy (non-hydrogen) atoms. The number of nitrogens with zero attached hydrogens (tertiary/aromatic N) is 3. The number of hydrogen-bond acceptors (Lipinski definition) is 7. The van der Waals surface area contributed by atoms with E-state index in [4.69, 9.17) is 9.26 Å². The van der Waals surface area contributed by atoms with Gasteiger partial charge in [-0.1, -0.05) is 5.16 Å². The molecule has 0 saturated carbocycles. The molecule has 8 heteroatoms. The van der Waals surface area contributed by atoms with Crippen molar-refractivity contribution in [2.75, 3.05) is 0 Å². The number of hydrogen-bond donors (Lipinski definition) is 0. The Bertz CT molecular complexity index is 993. The van der Waals surface area contributed by atoms with Crippen LogP contribution in [-0.4, -0.2) is 26.8 Å². The van der Waals surface area contributed by atoms with E-state index in [1.165, 1.54) is 22.2 Å². The quantitative estimate of drug-likeness (QED) is 0.664. The first-order valence-electron chi connectivity index (χ1n) is 7.90. The van der Waals surface area contributed by atoms with Gasteiger partial charge in [-0.3, -0.25) is 9.36 Å². The topological polar surface area (TPSA) is 87.2 Å². The third-order valence-corrected chi connectivity index (χ3v) is 5.13. The molecule has 0 amide bonds. The van der Waals surface area contributed by atoms with Crippen molar-refractivity contribution in [3.05, 3.63) is 44.1 Å². The van der Waals surface area contributed by atoms with Gasteiger partial charge in [0, 0.05) is 5.56 Å². The molecule has 0 aliphatic heterocycles. The maximum Gasteiger partial charge on any atom is 0.348 e. The Labute approximate surface area is 148 Å². The second-order valence-corrected chi connectivity index (χ2v) is 7.17. The molecule has 0 unspecified atom stereocenters. The van der Waals surface area contributed by atoms with E-state index in [1.54, 1.807) is 20.8 Å². The second-order valence-electron chi connectivity index (χ2n) is 6.17. The lowest BCUT2D eigenvalue weighted by Crippen LogP contribution is -2.21. The first kappa shape index (κ1) is 17.3. The molecule has 7 nitrogen and oxygen atoms in total. The van der Waals surface area contributed by atoms with Crippen LogP contribution in [0, 0.1) is 20.8 Å². The van der Waals surface area contributed by atoms with E-state index in [2.05, 4.69) is 10.1 Å². The zero-order chi connectivity index (χ0) is 18.3. The average molecular weight is 361 g/mol. The summed E-state index contributed by atoms with van der Waals surface area (Å²) >= 11 is 1.18. The van der Waals surface area contributed by atoms with E-state index in [1.807, 2.05) is 13.8 Å². The molecule has 3 heterocycles. The summed E-state index contributed by atoms with van der Waals surface area (Å²) in [5, 5.41) is 4.36. The van der Waals surface area contributed by atoms with Gasteiger partial charge >= 0.3 is 5.97 Å². The number of aromatic nitrogens is 3. The predicted octanol–water partition coefficient (Wildman–Crippen LogP) is 2.98. The fraction of sp³-hybridized carbons (Fsp3) is 0.412. The Balaban J connectivity index is 2.07. The number of aryl methyl sites for hydroxylation is 3. The molecule has 0 saturated heterocycles. The molecular formula is C17H19N3O4S. The summed E-state index contributed by atoms with van der Waals surface area (Å²) in [6, 6.07) is 0. The van der Waals surface area contributed by atoms with Gasteiger partial charge in [-0.05, 0) is 40.2 Å². The van der Waals surface area contributed by atoms with E-state index in [9.17, 15) is 9.59 Å². The summed E-state index contributed by atoms with van der Waals surface area (Å²) in [6.45, 7) is 9.29. The normalized spacial score (nSPS) is 11.4. The largest absolute Gasteiger partial charge is 0.459 e. The SMILES string of the molecule is Cc1noc(C)c1Cn1cnc2sc(C(=O)OC(C)C)c(C)c2c1=O. The zero-order valence-electron chi connectivity index (χ0n) is 14.7. The van der Waals surface area contributed by atoms with Gasteiger partial charge in [0.1, 0.15) is 15.5 Å². The van der Waals surface area contributed by atoms with Crippen LogP contribution >= 0.6 is 11.3 Å². The molecule has 0 N–H and O–H groups in total. The average Bonchev–Trinajstić information content (AvgIpc) is 3.04. The number of rotatable bonds is 4. The van der Waals surface area contributed by atoms with Crippen molar-refractivity contribution in [1.82, 2.24) is 14.7 Å². The van der Waals surface area contributed by atoms with Gasteiger partial charge in [0.15, 0.2) is 0 Å². The molecule has 132 valence electrons. The molecule has 0 fully saturated rings. The zero-order valence-corrected chi connectivity index (χ0v) is 15.6. The summed E-state index contributed by atoms with van der Waals surface area (Å²) < 4.78 is 11.9. The Morgan fingerprint density at radius 1 is 1.36 bits per heavy atom. The van der Waals surface area contributed by atoms with E-state index in [0.717, 1.165) is 11.3 Å². The lowest BCUT2D eigenvalue weighted by atomic mass is 10.2. The van der Waals surface area contributed by atoms with Gasteiger partial charge in [0.2, 0.25) is 0 Å². The molecule has 0 spiro atoms. The maximum absolute atomic E-state index is 12.9. The van der Waals surface area contributed by atoms with Crippen LogP contribution in [0.3, 0.4) is 0 Å².